The fourth-order valence-electron chi connectivity index (χ4n) is 7.86. The molecule has 2 bridgehead atoms. The number of carboxylic acid groups (broad SMARTS) is 3. The first kappa shape index (κ1) is 38.2. The summed E-state index contributed by atoms with van der Waals surface area (Å²) in [4.78, 5) is 85.5. The van der Waals surface area contributed by atoms with Crippen molar-refractivity contribution < 1.29 is 87.9 Å². The second kappa shape index (κ2) is 14.5. The van der Waals surface area contributed by atoms with Gasteiger partial charge < -0.3 is 54.3 Å². The first-order chi connectivity index (χ1) is 24.4. The van der Waals surface area contributed by atoms with E-state index in [2.05, 4.69) is 4.74 Å². The highest BCUT2D eigenvalue weighted by molar-refractivity contribution is 5.93. The minimum absolute atomic E-state index is 0.0105. The van der Waals surface area contributed by atoms with Crippen molar-refractivity contribution in [3.05, 3.63) is 35.1 Å². The molecule has 1 spiro atoms. The van der Waals surface area contributed by atoms with Crippen molar-refractivity contribution in [1.29, 1.82) is 0 Å². The van der Waals surface area contributed by atoms with Crippen LogP contribution in [0.2, 0.25) is 0 Å². The zero-order valence-electron chi connectivity index (χ0n) is 28.0. The summed E-state index contributed by atoms with van der Waals surface area (Å²) in [6.07, 6.45) is -9.10. The van der Waals surface area contributed by atoms with E-state index >= 15 is 0 Å². The second-order valence-electron chi connectivity index (χ2n) is 13.3. The molecule has 0 amide bonds. The lowest BCUT2D eigenvalue weighted by molar-refractivity contribution is -0.179. The van der Waals surface area contributed by atoms with Gasteiger partial charge in [-0.3, -0.25) is 19.2 Å². The summed E-state index contributed by atoms with van der Waals surface area (Å²) in [5, 5.41) is 59.1. The van der Waals surface area contributed by atoms with Crippen LogP contribution in [0.5, 0.6) is 11.5 Å². The number of carbonyl (C=O) groups excluding carboxylic acids is 4. The lowest BCUT2D eigenvalue weighted by Gasteiger charge is -2.59. The molecule has 1 heterocycles. The van der Waals surface area contributed by atoms with Crippen LogP contribution in [0, 0.1) is 11.8 Å². The predicted molar refractivity (Wildman–Crippen MR) is 167 cm³/mol. The van der Waals surface area contributed by atoms with Gasteiger partial charge in [-0.2, -0.15) is 0 Å². The molecule has 282 valence electrons. The van der Waals surface area contributed by atoms with Gasteiger partial charge in [-0.05, 0) is 56.2 Å². The lowest BCUT2D eigenvalue weighted by Crippen LogP contribution is -2.67. The third kappa shape index (κ3) is 6.68. The maximum absolute atomic E-state index is 13.5. The molecule has 0 aromatic heterocycles. The van der Waals surface area contributed by atoms with Crippen LogP contribution >= 0.6 is 0 Å². The van der Waals surface area contributed by atoms with Crippen LogP contribution < -0.4 is 9.47 Å². The molecule has 9 atom stereocenters. The largest absolute Gasteiger partial charge is 0.493 e. The van der Waals surface area contributed by atoms with E-state index in [-0.39, 0.29) is 18.1 Å². The van der Waals surface area contributed by atoms with Crippen molar-refractivity contribution in [3.63, 3.8) is 0 Å². The number of methoxy groups -OCH3 is 1. The quantitative estimate of drug-likeness (QED) is 0.0946. The summed E-state index contributed by atoms with van der Waals surface area (Å²) in [6.45, 7) is 0.937. The fraction of sp³-hybridized carbons (Fsp3) is 0.559. The molecule has 1 fully saturated rings. The third-order valence-corrected chi connectivity index (χ3v) is 10.3. The van der Waals surface area contributed by atoms with Gasteiger partial charge in [-0.1, -0.05) is 12.5 Å². The maximum atomic E-state index is 13.5. The van der Waals surface area contributed by atoms with E-state index in [9.17, 15) is 48.9 Å². The summed E-state index contributed by atoms with van der Waals surface area (Å²) in [5.74, 6) is -12.0. The van der Waals surface area contributed by atoms with Gasteiger partial charge in [0.2, 0.25) is 6.10 Å². The molecule has 3 aliphatic carbocycles. The Kier molecular flexibility index (Phi) is 10.7. The van der Waals surface area contributed by atoms with Crippen molar-refractivity contribution in [1.82, 2.24) is 0 Å². The minimum atomic E-state index is -2.59. The SMILES string of the molecule is COc1ccc2c3c1O[C@@H]1C(OC(=O)C[C@H](CC(=O)[C@H](O)[C@@H](O)C(=O)O)C(=O)O[C@@H](C)C(=O)O[C@H](CC(=O)O)C(=O)O)=CC[C@]4(O)[C@@H](CCC[C@@]314)C2. The summed E-state index contributed by atoms with van der Waals surface area (Å²) in [7, 11) is 1.46. The molecule has 0 saturated heterocycles. The van der Waals surface area contributed by atoms with E-state index in [0.29, 0.717) is 24.3 Å². The molecule has 0 radical (unpaired) electrons. The monoisotopic (exact) mass is 734 g/mol. The van der Waals surface area contributed by atoms with Gasteiger partial charge in [0.05, 0.1) is 36.9 Å². The normalized spacial score (nSPS) is 26.4. The van der Waals surface area contributed by atoms with Gasteiger partial charge in [-0.15, -0.1) is 0 Å². The Bertz CT molecular complexity index is 1720. The van der Waals surface area contributed by atoms with Crippen LogP contribution in [-0.4, -0.2) is 115 Å². The Hall–Kier alpha value is -5.07. The Labute approximate surface area is 294 Å². The number of aliphatic hydroxyl groups is 3. The first-order valence-corrected chi connectivity index (χ1v) is 16.4. The smallest absolute Gasteiger partial charge is 0.348 e. The zero-order chi connectivity index (χ0) is 38.3. The van der Waals surface area contributed by atoms with Crippen molar-refractivity contribution >= 4 is 41.6 Å². The summed E-state index contributed by atoms with van der Waals surface area (Å²) < 4.78 is 27.3. The molecule has 18 heteroatoms. The number of hydrogen-bond donors (Lipinski definition) is 6. The number of esters is 3. The average Bonchev–Trinajstić information content (AvgIpc) is 3.43. The third-order valence-electron chi connectivity index (χ3n) is 10.3. The minimum Gasteiger partial charge on any atom is -0.493 e. The molecule has 5 rings (SSSR count). The first-order valence-electron chi connectivity index (χ1n) is 16.4. The number of carboxylic acids is 3. The van der Waals surface area contributed by atoms with Gasteiger partial charge in [0, 0.05) is 12.0 Å². The number of aliphatic carboxylic acids is 3. The fourth-order valence-corrected chi connectivity index (χ4v) is 7.86. The number of Topliss-reactive ketones (excluding diaryl/α,β-unsaturated/α-hetero) is 1. The van der Waals surface area contributed by atoms with Crippen LogP contribution in [0.1, 0.15) is 63.0 Å². The van der Waals surface area contributed by atoms with Crippen LogP contribution in [0.15, 0.2) is 24.0 Å². The Morgan fingerprint density at radius 2 is 1.65 bits per heavy atom. The van der Waals surface area contributed by atoms with Gasteiger partial charge in [-0.25, -0.2) is 14.4 Å². The maximum Gasteiger partial charge on any atom is 0.348 e. The number of benzene rings is 1. The van der Waals surface area contributed by atoms with E-state index in [0.717, 1.165) is 30.9 Å². The molecular formula is C34H38O18. The van der Waals surface area contributed by atoms with Crippen LogP contribution in [0.4, 0.5) is 0 Å². The molecule has 1 aliphatic heterocycles. The van der Waals surface area contributed by atoms with E-state index in [1.165, 1.54) is 13.2 Å². The standard InChI is InChI=1S/C34H38O18/c1-14(31(45)51-21(29(41)42)13-22(36)37)49-32(46)16(11-18(35)25(39)26(40)30(43)44)12-23(38)50-20-7-9-34(47)17-4-3-8-33(34)24-15(10-17)5-6-19(48-2)27(24)52-28(20)33/h5-7,14,16-17,21,25-26,28,39-40,47H,3-4,8-13H2,1-2H3,(H,36,37)(H,41,42)(H,43,44)/t14-,16-,17-,21+,25-,26+,28+,33+,34-/m0/s1. The number of rotatable bonds is 16. The second-order valence-corrected chi connectivity index (χ2v) is 13.3. The van der Waals surface area contributed by atoms with Crippen LogP contribution in [0.3, 0.4) is 0 Å². The van der Waals surface area contributed by atoms with Gasteiger partial charge in [0.1, 0.15) is 11.9 Å². The van der Waals surface area contributed by atoms with E-state index in [1.54, 1.807) is 6.07 Å². The Balaban J connectivity index is 1.37. The van der Waals surface area contributed by atoms with Gasteiger partial charge >= 0.3 is 35.8 Å². The highest BCUT2D eigenvalue weighted by Gasteiger charge is 2.71. The van der Waals surface area contributed by atoms with Crippen molar-refractivity contribution in [3.8, 4) is 11.5 Å². The number of ketones is 1. The predicted octanol–water partition coefficient (Wildman–Crippen LogP) is -0.213. The van der Waals surface area contributed by atoms with E-state index in [4.69, 9.17) is 34.3 Å². The van der Waals surface area contributed by atoms with E-state index < -0.39 is 108 Å². The number of ether oxygens (including phenoxy) is 5. The summed E-state index contributed by atoms with van der Waals surface area (Å²) >= 11 is 0. The van der Waals surface area contributed by atoms with Gasteiger partial charge in [0.25, 0.3) is 0 Å². The molecule has 4 aliphatic rings. The van der Waals surface area contributed by atoms with Crippen LogP contribution in [-0.2, 0) is 59.6 Å². The number of hydrogen-bond acceptors (Lipinski definition) is 15. The summed E-state index contributed by atoms with van der Waals surface area (Å²) in [5.41, 5.74) is -0.517. The summed E-state index contributed by atoms with van der Waals surface area (Å²) in [6, 6.07) is 3.67. The zero-order valence-corrected chi connectivity index (χ0v) is 28.0. The lowest BCUT2D eigenvalue weighted by atomic mass is 9.47. The Morgan fingerprint density at radius 3 is 2.29 bits per heavy atom. The molecule has 1 saturated carbocycles. The number of aliphatic hydroxyl groups excluding tert-OH is 2. The molecule has 1 aromatic rings. The highest BCUT2D eigenvalue weighted by atomic mass is 16.6. The van der Waals surface area contributed by atoms with Crippen molar-refractivity contribution in [2.75, 3.05) is 7.11 Å². The number of carbonyl (C=O) groups is 7. The average molecular weight is 735 g/mol. The van der Waals surface area contributed by atoms with Crippen molar-refractivity contribution in [2.24, 2.45) is 11.8 Å². The molecule has 1 aromatic carbocycles. The van der Waals surface area contributed by atoms with Crippen molar-refractivity contribution in [2.45, 2.75) is 99.8 Å². The molecule has 18 nitrogen and oxygen atoms in total. The molecule has 6 N–H and O–H groups in total. The van der Waals surface area contributed by atoms with Gasteiger partial charge in [0.15, 0.2) is 35.6 Å². The Morgan fingerprint density at radius 1 is 0.942 bits per heavy atom. The molecular weight excluding hydrogens is 696 g/mol. The van der Waals surface area contributed by atoms with Crippen LogP contribution in [0.25, 0.3) is 0 Å². The topological polar surface area (TPSA) is 287 Å². The highest BCUT2D eigenvalue weighted by Crippen LogP contribution is 2.67. The van der Waals surface area contributed by atoms with E-state index in [1.807, 2.05) is 6.07 Å². The molecule has 0 unspecified atom stereocenters. The molecule has 52 heavy (non-hydrogen) atoms.